The van der Waals surface area contributed by atoms with Gasteiger partial charge in [0, 0.05) is 13.2 Å². The third-order valence-corrected chi connectivity index (χ3v) is 2.00. The summed E-state index contributed by atoms with van der Waals surface area (Å²) in [5.41, 5.74) is 0. The Bertz CT molecular complexity index is 48.7. The summed E-state index contributed by atoms with van der Waals surface area (Å²) in [7, 11) is 0. The molecular formula is C12H28O2. The quantitative estimate of drug-likeness (QED) is 0.636. The van der Waals surface area contributed by atoms with Gasteiger partial charge in [-0.25, -0.2) is 0 Å². The van der Waals surface area contributed by atoms with E-state index in [1.165, 1.54) is 51.4 Å². The van der Waals surface area contributed by atoms with Gasteiger partial charge in [0.2, 0.25) is 0 Å². The van der Waals surface area contributed by atoms with Crippen molar-refractivity contribution in [2.24, 2.45) is 0 Å². The zero-order chi connectivity index (χ0) is 11.1. The van der Waals surface area contributed by atoms with E-state index in [1.54, 1.807) is 13.8 Å². The number of rotatable bonds is 0. The Hall–Kier alpha value is -0.0800. The molecule has 0 heterocycles. The van der Waals surface area contributed by atoms with Crippen molar-refractivity contribution < 1.29 is 10.2 Å². The van der Waals surface area contributed by atoms with Gasteiger partial charge in [-0.05, 0) is 13.8 Å². The van der Waals surface area contributed by atoms with E-state index in [-0.39, 0.29) is 13.2 Å². The molecule has 0 aromatic carbocycles. The fourth-order valence-electron chi connectivity index (χ4n) is 1.41. The van der Waals surface area contributed by atoms with Crippen LogP contribution in [0.4, 0.5) is 0 Å². The lowest BCUT2D eigenvalue weighted by molar-refractivity contribution is 0.318. The number of aliphatic hydroxyl groups excluding tert-OH is 2. The average Bonchev–Trinajstić information content (AvgIpc) is 2.04. The van der Waals surface area contributed by atoms with Gasteiger partial charge in [0.15, 0.2) is 0 Å². The molecule has 0 unspecified atom stereocenters. The van der Waals surface area contributed by atoms with E-state index in [0.29, 0.717) is 0 Å². The van der Waals surface area contributed by atoms with E-state index in [0.717, 1.165) is 0 Å². The predicted molar refractivity (Wildman–Crippen MR) is 62.5 cm³/mol. The minimum absolute atomic E-state index is 0.250. The third-order valence-electron chi connectivity index (χ3n) is 2.00. The molecule has 0 spiro atoms. The van der Waals surface area contributed by atoms with E-state index in [1.807, 2.05) is 0 Å². The van der Waals surface area contributed by atoms with Gasteiger partial charge in [-0.1, -0.05) is 51.4 Å². The maximum Gasteiger partial charge on any atom is 0.0402 e. The van der Waals surface area contributed by atoms with Gasteiger partial charge < -0.3 is 10.2 Å². The van der Waals surface area contributed by atoms with Gasteiger partial charge in [-0.2, -0.15) is 0 Å². The van der Waals surface area contributed by atoms with Crippen molar-refractivity contribution in [2.45, 2.75) is 65.2 Å². The van der Waals surface area contributed by atoms with Crippen LogP contribution in [0, 0.1) is 0 Å². The Morgan fingerprint density at radius 2 is 0.643 bits per heavy atom. The summed E-state index contributed by atoms with van der Waals surface area (Å²) in [4.78, 5) is 0. The largest absolute Gasteiger partial charge is 0.397 e. The zero-order valence-electron chi connectivity index (χ0n) is 9.97. The van der Waals surface area contributed by atoms with Crippen LogP contribution in [-0.2, 0) is 0 Å². The molecule has 0 aromatic heterocycles. The Balaban J connectivity index is 0. The van der Waals surface area contributed by atoms with Gasteiger partial charge in [0.1, 0.15) is 0 Å². The van der Waals surface area contributed by atoms with Crippen LogP contribution in [0.2, 0.25) is 0 Å². The van der Waals surface area contributed by atoms with Gasteiger partial charge >= 0.3 is 0 Å². The first-order valence-electron chi connectivity index (χ1n) is 6.05. The lowest BCUT2D eigenvalue weighted by Crippen LogP contribution is -1.85. The van der Waals surface area contributed by atoms with Crippen LogP contribution >= 0.6 is 0 Å². The molecule has 1 aliphatic carbocycles. The molecule has 1 aliphatic rings. The Labute approximate surface area is 89.3 Å². The first-order chi connectivity index (χ1) is 6.83. The average molecular weight is 204 g/mol. The molecule has 2 N–H and O–H groups in total. The molecule has 0 aromatic rings. The predicted octanol–water partition coefficient (Wildman–Crippen LogP) is 3.12. The van der Waals surface area contributed by atoms with E-state index in [2.05, 4.69) is 0 Å². The van der Waals surface area contributed by atoms with Crippen LogP contribution in [0.15, 0.2) is 0 Å². The molecular weight excluding hydrogens is 176 g/mol. The summed E-state index contributed by atoms with van der Waals surface area (Å²) in [5.74, 6) is 0. The van der Waals surface area contributed by atoms with E-state index < -0.39 is 0 Å². The van der Waals surface area contributed by atoms with E-state index >= 15 is 0 Å². The lowest BCUT2D eigenvalue weighted by atomic mass is 10.0. The van der Waals surface area contributed by atoms with Crippen molar-refractivity contribution >= 4 is 0 Å². The number of aliphatic hydroxyl groups is 2. The molecule has 0 amide bonds. The van der Waals surface area contributed by atoms with Crippen LogP contribution < -0.4 is 0 Å². The van der Waals surface area contributed by atoms with E-state index in [9.17, 15) is 0 Å². The highest BCUT2D eigenvalue weighted by molar-refractivity contribution is 4.51. The second kappa shape index (κ2) is 18.7. The first-order valence-corrected chi connectivity index (χ1v) is 6.05. The van der Waals surface area contributed by atoms with Gasteiger partial charge in [0.25, 0.3) is 0 Å². The molecule has 0 radical (unpaired) electrons. The lowest BCUT2D eigenvalue weighted by Gasteiger charge is -2.05. The van der Waals surface area contributed by atoms with Crippen LogP contribution in [0.1, 0.15) is 65.2 Å². The normalized spacial score (nSPS) is 16.3. The highest BCUT2D eigenvalue weighted by Gasteiger charge is 1.95. The monoisotopic (exact) mass is 204 g/mol. The van der Waals surface area contributed by atoms with E-state index in [4.69, 9.17) is 10.2 Å². The Kier molecular flexibility index (Phi) is 21.8. The SMILES string of the molecule is C1CCCCCCC1.CCO.CCO. The molecule has 0 bridgehead atoms. The van der Waals surface area contributed by atoms with Crippen molar-refractivity contribution in [3.05, 3.63) is 0 Å². The van der Waals surface area contributed by atoms with Crippen molar-refractivity contribution in [1.29, 1.82) is 0 Å². The van der Waals surface area contributed by atoms with Crippen molar-refractivity contribution in [2.75, 3.05) is 13.2 Å². The fraction of sp³-hybridized carbons (Fsp3) is 1.00. The minimum Gasteiger partial charge on any atom is -0.397 e. The van der Waals surface area contributed by atoms with Crippen molar-refractivity contribution in [3.63, 3.8) is 0 Å². The summed E-state index contributed by atoms with van der Waals surface area (Å²) >= 11 is 0. The summed E-state index contributed by atoms with van der Waals surface area (Å²) in [5, 5.41) is 15.1. The highest BCUT2D eigenvalue weighted by atomic mass is 16.3. The van der Waals surface area contributed by atoms with Gasteiger partial charge in [0.05, 0.1) is 0 Å². The van der Waals surface area contributed by atoms with Crippen molar-refractivity contribution in [1.82, 2.24) is 0 Å². The minimum atomic E-state index is 0.250. The van der Waals surface area contributed by atoms with Crippen LogP contribution in [0.25, 0.3) is 0 Å². The topological polar surface area (TPSA) is 40.5 Å². The third kappa shape index (κ3) is 22.7. The van der Waals surface area contributed by atoms with Gasteiger partial charge in [-0.15, -0.1) is 0 Å². The standard InChI is InChI=1S/C8H16.2C2H6O/c1-2-4-6-8-7-5-3-1;2*1-2-3/h1-8H2;2*3H,2H2,1H3. The maximum atomic E-state index is 7.57. The molecule has 0 aliphatic heterocycles. The van der Waals surface area contributed by atoms with Gasteiger partial charge in [-0.3, -0.25) is 0 Å². The van der Waals surface area contributed by atoms with Crippen LogP contribution in [0.3, 0.4) is 0 Å². The number of hydrogen-bond donors (Lipinski definition) is 2. The molecule has 14 heavy (non-hydrogen) atoms. The molecule has 0 saturated heterocycles. The van der Waals surface area contributed by atoms with Crippen LogP contribution in [0.5, 0.6) is 0 Å². The number of hydrogen-bond acceptors (Lipinski definition) is 2. The van der Waals surface area contributed by atoms with Crippen molar-refractivity contribution in [3.8, 4) is 0 Å². The molecule has 2 nitrogen and oxygen atoms in total. The molecule has 1 fully saturated rings. The molecule has 1 rings (SSSR count). The summed E-state index contributed by atoms with van der Waals surface area (Å²) < 4.78 is 0. The first kappa shape index (κ1) is 16.4. The maximum absolute atomic E-state index is 7.57. The van der Waals surface area contributed by atoms with Crippen LogP contribution in [-0.4, -0.2) is 23.4 Å². The zero-order valence-corrected chi connectivity index (χ0v) is 9.97. The molecule has 0 atom stereocenters. The fourth-order valence-corrected chi connectivity index (χ4v) is 1.41. The summed E-state index contributed by atoms with van der Waals surface area (Å²) in [6.45, 7) is 3.86. The molecule has 88 valence electrons. The second-order valence-corrected chi connectivity index (χ2v) is 3.46. The Morgan fingerprint density at radius 1 is 0.571 bits per heavy atom. The smallest absolute Gasteiger partial charge is 0.0402 e. The molecule has 2 heteroatoms. The summed E-state index contributed by atoms with van der Waals surface area (Å²) in [6, 6.07) is 0. The molecule has 1 saturated carbocycles. The summed E-state index contributed by atoms with van der Waals surface area (Å²) in [6.07, 6.45) is 12.0. The highest BCUT2D eigenvalue weighted by Crippen LogP contribution is 2.15. The second-order valence-electron chi connectivity index (χ2n) is 3.46. The Morgan fingerprint density at radius 3 is 0.714 bits per heavy atom.